The molecule has 1 N–H and O–H groups in total. The second-order valence-corrected chi connectivity index (χ2v) is 13.2. The van der Waals surface area contributed by atoms with Crippen LogP contribution < -0.4 is 9.62 Å². The summed E-state index contributed by atoms with van der Waals surface area (Å²) >= 11 is 3.46. The molecule has 208 valence electrons. The molecule has 0 saturated carbocycles. The highest BCUT2D eigenvalue weighted by atomic mass is 79.9. The monoisotopic (exact) mass is 613 g/mol. The summed E-state index contributed by atoms with van der Waals surface area (Å²) in [6.07, 6.45) is 0.797. The van der Waals surface area contributed by atoms with Crippen LogP contribution in [0.1, 0.15) is 45.7 Å². The summed E-state index contributed by atoms with van der Waals surface area (Å²) < 4.78 is 29.6. The molecule has 0 aliphatic rings. The molecule has 3 aromatic rings. The first kappa shape index (κ1) is 30.4. The number of anilines is 1. The van der Waals surface area contributed by atoms with Gasteiger partial charge in [0.15, 0.2) is 0 Å². The molecule has 0 fully saturated rings. The summed E-state index contributed by atoms with van der Waals surface area (Å²) in [6.45, 7) is 8.93. The summed E-state index contributed by atoms with van der Waals surface area (Å²) in [5, 5.41) is 2.93. The topological polar surface area (TPSA) is 86.8 Å². The van der Waals surface area contributed by atoms with Gasteiger partial charge in [-0.05, 0) is 81.6 Å². The Kier molecular flexibility index (Phi) is 9.96. The lowest BCUT2D eigenvalue weighted by atomic mass is 10.1. The minimum atomic E-state index is -4.08. The van der Waals surface area contributed by atoms with Crippen LogP contribution in [0.5, 0.6) is 0 Å². The fourth-order valence-corrected chi connectivity index (χ4v) is 5.92. The van der Waals surface area contributed by atoms with E-state index in [2.05, 4.69) is 21.2 Å². The number of halogens is 1. The highest BCUT2D eigenvalue weighted by Gasteiger charge is 2.33. The highest BCUT2D eigenvalue weighted by Crippen LogP contribution is 2.25. The smallest absolute Gasteiger partial charge is 0.264 e. The molecule has 39 heavy (non-hydrogen) atoms. The predicted octanol–water partition coefficient (Wildman–Crippen LogP) is 5.54. The number of hydrogen-bond donors (Lipinski definition) is 1. The van der Waals surface area contributed by atoms with Gasteiger partial charge >= 0.3 is 0 Å². The molecular weight excluding hydrogens is 578 g/mol. The van der Waals surface area contributed by atoms with Crippen molar-refractivity contribution in [2.75, 3.05) is 10.8 Å². The van der Waals surface area contributed by atoms with Crippen LogP contribution >= 0.6 is 15.9 Å². The molecule has 0 bridgehead atoms. The number of carbonyl (C=O) groups excluding carboxylic acids is 2. The van der Waals surface area contributed by atoms with E-state index in [0.717, 1.165) is 26.3 Å². The maximum Gasteiger partial charge on any atom is 0.264 e. The number of aryl methyl sites for hydroxylation is 1. The summed E-state index contributed by atoms with van der Waals surface area (Å²) in [5.74, 6) is -0.818. The summed E-state index contributed by atoms with van der Waals surface area (Å²) in [6, 6.07) is 21.8. The Balaban J connectivity index is 2.03. The second kappa shape index (κ2) is 12.8. The Morgan fingerprint density at radius 2 is 1.56 bits per heavy atom. The van der Waals surface area contributed by atoms with Crippen molar-refractivity contribution in [2.24, 2.45) is 0 Å². The standard InChI is InChI=1S/C30H36BrN3O4S/c1-6-23-15-17-26(18-16-23)34(39(37,38)27-13-8-7-9-14-27)21-28(35)33(20-24-11-10-12-25(31)19-24)22(2)29(36)32-30(3,4)5/h7-19,22H,6,20-21H2,1-5H3,(H,32,36). The van der Waals surface area contributed by atoms with Crippen molar-refractivity contribution in [3.8, 4) is 0 Å². The number of hydrogen-bond acceptors (Lipinski definition) is 4. The number of sulfonamides is 1. The van der Waals surface area contributed by atoms with Crippen LogP contribution in [0.25, 0.3) is 0 Å². The third-order valence-electron chi connectivity index (χ3n) is 6.15. The Morgan fingerprint density at radius 3 is 2.13 bits per heavy atom. The minimum absolute atomic E-state index is 0.0782. The largest absolute Gasteiger partial charge is 0.350 e. The molecule has 7 nitrogen and oxygen atoms in total. The molecule has 9 heteroatoms. The number of rotatable bonds is 10. The zero-order chi connectivity index (χ0) is 28.8. The molecule has 0 aliphatic carbocycles. The molecule has 0 heterocycles. The number of benzene rings is 3. The maximum atomic E-state index is 14.0. The van der Waals surface area contributed by atoms with Crippen molar-refractivity contribution in [1.29, 1.82) is 0 Å². The summed E-state index contributed by atoms with van der Waals surface area (Å²) in [7, 11) is -4.08. The Labute approximate surface area is 240 Å². The summed E-state index contributed by atoms with van der Waals surface area (Å²) in [5.41, 5.74) is 1.72. The number of nitrogens with zero attached hydrogens (tertiary/aromatic N) is 2. The van der Waals surface area contributed by atoms with Gasteiger partial charge in [0, 0.05) is 16.6 Å². The van der Waals surface area contributed by atoms with Crippen molar-refractivity contribution < 1.29 is 18.0 Å². The van der Waals surface area contributed by atoms with Gasteiger partial charge in [0.1, 0.15) is 12.6 Å². The molecule has 3 rings (SSSR count). The maximum absolute atomic E-state index is 14.0. The molecular formula is C30H36BrN3O4S. The normalized spacial score (nSPS) is 12.5. The first-order chi connectivity index (χ1) is 18.3. The minimum Gasteiger partial charge on any atom is -0.350 e. The van der Waals surface area contributed by atoms with Crippen LogP contribution in [0.2, 0.25) is 0 Å². The molecule has 0 aromatic heterocycles. The lowest BCUT2D eigenvalue weighted by Gasteiger charge is -2.33. The lowest BCUT2D eigenvalue weighted by Crippen LogP contribution is -2.54. The van der Waals surface area contributed by atoms with Gasteiger partial charge in [-0.25, -0.2) is 8.42 Å². The van der Waals surface area contributed by atoms with Gasteiger partial charge in [-0.1, -0.05) is 65.3 Å². The van der Waals surface area contributed by atoms with E-state index in [9.17, 15) is 18.0 Å². The molecule has 0 aliphatic heterocycles. The molecule has 0 saturated heterocycles. The fourth-order valence-electron chi connectivity index (χ4n) is 4.04. The lowest BCUT2D eigenvalue weighted by molar-refractivity contribution is -0.140. The SMILES string of the molecule is CCc1ccc(N(CC(=O)N(Cc2cccc(Br)c2)C(C)C(=O)NC(C)(C)C)S(=O)(=O)c2ccccc2)cc1. The van der Waals surface area contributed by atoms with Crippen LogP contribution in [-0.2, 0) is 32.6 Å². The van der Waals surface area contributed by atoms with Crippen molar-refractivity contribution in [2.45, 2.75) is 64.1 Å². The first-order valence-electron chi connectivity index (χ1n) is 12.8. The van der Waals surface area contributed by atoms with Crippen LogP contribution in [0, 0.1) is 0 Å². The van der Waals surface area contributed by atoms with Crippen LogP contribution in [0.4, 0.5) is 5.69 Å². The van der Waals surface area contributed by atoms with E-state index in [1.54, 1.807) is 37.3 Å². The van der Waals surface area contributed by atoms with Crippen molar-refractivity contribution in [3.05, 3.63) is 94.5 Å². The van der Waals surface area contributed by atoms with Gasteiger partial charge in [-0.2, -0.15) is 0 Å². The van der Waals surface area contributed by atoms with Crippen LogP contribution in [-0.4, -0.2) is 43.3 Å². The third-order valence-corrected chi connectivity index (χ3v) is 8.43. The van der Waals surface area contributed by atoms with Crippen molar-refractivity contribution in [1.82, 2.24) is 10.2 Å². The molecule has 0 radical (unpaired) electrons. The Bertz CT molecular complexity index is 1390. The van der Waals surface area contributed by atoms with Gasteiger partial charge in [0.05, 0.1) is 10.6 Å². The third kappa shape index (κ3) is 8.16. The van der Waals surface area contributed by atoms with E-state index in [0.29, 0.717) is 5.69 Å². The van der Waals surface area contributed by atoms with E-state index < -0.39 is 34.1 Å². The van der Waals surface area contributed by atoms with Gasteiger partial charge in [-0.3, -0.25) is 13.9 Å². The quantitative estimate of drug-likeness (QED) is 0.325. The van der Waals surface area contributed by atoms with Crippen molar-refractivity contribution >= 4 is 43.5 Å². The van der Waals surface area contributed by atoms with Gasteiger partial charge in [-0.15, -0.1) is 0 Å². The fraction of sp³-hybridized carbons (Fsp3) is 0.333. The van der Waals surface area contributed by atoms with E-state index in [4.69, 9.17) is 0 Å². The molecule has 3 aromatic carbocycles. The Hall–Kier alpha value is -3.17. The Morgan fingerprint density at radius 1 is 0.923 bits per heavy atom. The predicted molar refractivity (Wildman–Crippen MR) is 159 cm³/mol. The first-order valence-corrected chi connectivity index (χ1v) is 15.1. The number of amides is 2. The van der Waals surface area contributed by atoms with E-state index in [1.165, 1.54) is 17.0 Å². The van der Waals surface area contributed by atoms with E-state index in [1.807, 2.05) is 64.1 Å². The van der Waals surface area contributed by atoms with Gasteiger partial charge in [0.25, 0.3) is 10.0 Å². The van der Waals surface area contributed by atoms with Crippen LogP contribution in [0.3, 0.4) is 0 Å². The van der Waals surface area contributed by atoms with E-state index in [-0.39, 0.29) is 17.3 Å². The molecule has 0 spiro atoms. The second-order valence-electron chi connectivity index (χ2n) is 10.4. The molecule has 1 atom stereocenters. The zero-order valence-corrected chi connectivity index (χ0v) is 25.4. The summed E-state index contributed by atoms with van der Waals surface area (Å²) in [4.78, 5) is 28.6. The van der Waals surface area contributed by atoms with E-state index >= 15 is 0 Å². The molecule has 1 unspecified atom stereocenters. The van der Waals surface area contributed by atoms with Crippen LogP contribution in [0.15, 0.2) is 88.2 Å². The average Bonchev–Trinajstić information content (AvgIpc) is 2.89. The number of nitrogens with one attached hydrogen (secondary N) is 1. The number of carbonyl (C=O) groups is 2. The average molecular weight is 615 g/mol. The van der Waals surface area contributed by atoms with Gasteiger partial charge in [0.2, 0.25) is 11.8 Å². The molecule has 2 amide bonds. The zero-order valence-electron chi connectivity index (χ0n) is 23.0. The highest BCUT2D eigenvalue weighted by molar-refractivity contribution is 9.10. The van der Waals surface area contributed by atoms with Gasteiger partial charge < -0.3 is 10.2 Å². The van der Waals surface area contributed by atoms with Crippen molar-refractivity contribution in [3.63, 3.8) is 0 Å².